The molecule has 0 bridgehead atoms. The minimum atomic E-state index is -4.71. The smallest absolute Gasteiger partial charge is 0.489 e. The first-order valence-corrected chi connectivity index (χ1v) is 4.27. The van der Waals surface area contributed by atoms with Crippen LogP contribution in [0.1, 0.15) is 0 Å². The molecule has 0 saturated heterocycles. The fourth-order valence-corrected chi connectivity index (χ4v) is 0.779. The lowest BCUT2D eigenvalue weighted by Gasteiger charge is -1.96. The van der Waals surface area contributed by atoms with E-state index in [4.69, 9.17) is 9.79 Å². The molecule has 9 heteroatoms. The van der Waals surface area contributed by atoms with Crippen LogP contribution >= 0.6 is 16.0 Å². The van der Waals surface area contributed by atoms with Crippen LogP contribution in [0.25, 0.3) is 0 Å². The average Bonchev–Trinajstić information content (AvgIpc) is 1.59. The van der Waals surface area contributed by atoms with Gasteiger partial charge in [-0.3, -0.25) is 0 Å². The van der Waals surface area contributed by atoms with Crippen LogP contribution in [0, 0.1) is 0 Å². The Morgan fingerprint density at radius 2 is 2.11 bits per heavy atom. The van der Waals surface area contributed by atoms with Crippen molar-refractivity contribution in [1.29, 1.82) is 0 Å². The summed E-state index contributed by atoms with van der Waals surface area (Å²) in [6, 6.07) is 0. The Morgan fingerprint density at radius 3 is 2.22 bits per heavy atom. The van der Waals surface area contributed by atoms with E-state index in [1.165, 1.54) is 0 Å². The van der Waals surface area contributed by atoms with Crippen LogP contribution < -0.4 is 10.1 Å². The maximum atomic E-state index is 9.68. The number of rotatable bonds is 3. The van der Waals surface area contributed by atoms with Gasteiger partial charge < -0.3 is 14.7 Å². The lowest BCUT2D eigenvalue weighted by Crippen LogP contribution is -2.08. The van der Waals surface area contributed by atoms with Crippen molar-refractivity contribution >= 4 is 16.0 Å². The molecule has 0 heterocycles. The van der Waals surface area contributed by atoms with E-state index in [1.807, 2.05) is 0 Å². The lowest BCUT2D eigenvalue weighted by atomic mass is 13.5. The van der Waals surface area contributed by atoms with E-state index >= 15 is 0 Å². The highest BCUT2D eigenvalue weighted by Crippen LogP contribution is 2.35. The summed E-state index contributed by atoms with van der Waals surface area (Å²) in [5, 5.41) is 1.08. The fourth-order valence-electron chi connectivity index (χ4n) is 0.0865. The molecule has 3 N–H and O–H groups in total. The zero-order chi connectivity index (χ0) is 7.49. The quantitative estimate of drug-likeness (QED) is 0.357. The SMILES string of the molecule is O=[P+]([O-])NOP(=O)(O)O. The maximum Gasteiger partial charge on any atom is 0.489 e. The third-order valence-electron chi connectivity index (χ3n) is 0.234. The van der Waals surface area contributed by atoms with Gasteiger partial charge in [0.15, 0.2) is 0 Å². The Kier molecular flexibility index (Phi) is 3.38. The second-order valence-corrected chi connectivity index (χ2v) is 2.79. The fraction of sp³-hybridized carbons (Fsp3) is 0. The molecule has 0 saturated carbocycles. The van der Waals surface area contributed by atoms with Crippen molar-refractivity contribution in [2.45, 2.75) is 0 Å². The Balaban J connectivity index is 3.53. The minimum absolute atomic E-state index is 1.08. The van der Waals surface area contributed by atoms with Crippen LogP contribution in [0.5, 0.6) is 0 Å². The minimum Gasteiger partial charge on any atom is -0.576 e. The summed E-state index contributed by atoms with van der Waals surface area (Å²) in [4.78, 5) is 25.2. The standard InChI is InChI=1S/H3NO6P2/c2-8(3)1-7-9(4,5)6/h(H,1,2,3)(H2,4,5,6). The molecule has 54 valence electrons. The van der Waals surface area contributed by atoms with Crippen molar-refractivity contribution in [2.24, 2.45) is 0 Å². The monoisotopic (exact) mass is 175 g/mol. The Bertz CT molecular complexity index is 145. The van der Waals surface area contributed by atoms with Gasteiger partial charge in [0.1, 0.15) is 0 Å². The summed E-state index contributed by atoms with van der Waals surface area (Å²) in [6.45, 7) is 0. The van der Waals surface area contributed by atoms with Crippen molar-refractivity contribution in [2.75, 3.05) is 0 Å². The van der Waals surface area contributed by atoms with Gasteiger partial charge in [0, 0.05) is 5.25 Å². The molecule has 0 fully saturated rings. The molecule has 0 radical (unpaired) electrons. The van der Waals surface area contributed by atoms with Crippen molar-refractivity contribution in [3.05, 3.63) is 0 Å². The highest BCUT2D eigenvalue weighted by atomic mass is 31.2. The molecule has 0 aromatic heterocycles. The molecule has 0 aromatic rings. The van der Waals surface area contributed by atoms with Gasteiger partial charge in [-0.1, -0.05) is 4.57 Å². The molecule has 0 amide bonds. The number of nitrogens with one attached hydrogen (secondary N) is 1. The van der Waals surface area contributed by atoms with Gasteiger partial charge in [0.25, 0.3) is 0 Å². The molecule has 0 aliphatic heterocycles. The summed E-state index contributed by atoms with van der Waals surface area (Å²) in [7, 11) is -7.84. The number of hydrogen-bond donors (Lipinski definition) is 3. The third kappa shape index (κ3) is 8.13. The summed E-state index contributed by atoms with van der Waals surface area (Å²) in [5.74, 6) is 0. The second-order valence-electron chi connectivity index (χ2n) is 0.930. The molecule has 1 atom stereocenters. The van der Waals surface area contributed by atoms with Gasteiger partial charge in [-0.25, -0.2) is 4.57 Å². The van der Waals surface area contributed by atoms with E-state index in [9.17, 15) is 14.0 Å². The topological polar surface area (TPSA) is 119 Å². The first kappa shape index (κ1) is 9.13. The van der Waals surface area contributed by atoms with Crippen LogP contribution in [0.2, 0.25) is 0 Å². The molecule has 0 spiro atoms. The van der Waals surface area contributed by atoms with Crippen molar-refractivity contribution in [3.63, 3.8) is 0 Å². The van der Waals surface area contributed by atoms with Crippen molar-refractivity contribution in [3.8, 4) is 0 Å². The van der Waals surface area contributed by atoms with Crippen molar-refractivity contribution in [1.82, 2.24) is 5.25 Å². The highest BCUT2D eigenvalue weighted by Gasteiger charge is 2.17. The number of phosphoric acid groups is 1. The van der Waals surface area contributed by atoms with Gasteiger partial charge in [0.05, 0.1) is 0 Å². The molecule has 0 aromatic carbocycles. The zero-order valence-electron chi connectivity index (χ0n) is 3.92. The second kappa shape index (κ2) is 3.34. The van der Waals surface area contributed by atoms with Crippen LogP contribution in [0.3, 0.4) is 0 Å². The molecule has 7 nitrogen and oxygen atoms in total. The first-order valence-electron chi connectivity index (χ1n) is 1.56. The highest BCUT2D eigenvalue weighted by molar-refractivity contribution is 7.46. The van der Waals surface area contributed by atoms with Gasteiger partial charge in [0.2, 0.25) is 0 Å². The Labute approximate surface area is 50.8 Å². The molecule has 0 aliphatic carbocycles. The third-order valence-corrected chi connectivity index (χ3v) is 0.948. The van der Waals surface area contributed by atoms with E-state index in [0.29, 0.717) is 0 Å². The Morgan fingerprint density at radius 1 is 1.67 bits per heavy atom. The Hall–Kier alpha value is 0.130. The molecular weight excluding hydrogens is 172 g/mol. The summed E-state index contributed by atoms with van der Waals surface area (Å²) < 4.78 is 22.5. The molecular formula is H3NO6P2. The van der Waals surface area contributed by atoms with Crippen LogP contribution in [-0.4, -0.2) is 9.79 Å². The van der Waals surface area contributed by atoms with Crippen LogP contribution in [-0.2, 0) is 13.8 Å². The van der Waals surface area contributed by atoms with Gasteiger partial charge >= 0.3 is 16.0 Å². The van der Waals surface area contributed by atoms with Crippen LogP contribution in [0.4, 0.5) is 0 Å². The average molecular weight is 175 g/mol. The van der Waals surface area contributed by atoms with Crippen LogP contribution in [0.15, 0.2) is 0 Å². The largest absolute Gasteiger partial charge is 0.576 e. The predicted octanol–water partition coefficient (Wildman–Crippen LogP) is -1.38. The summed E-state index contributed by atoms with van der Waals surface area (Å²) >= 11 is 0. The van der Waals surface area contributed by atoms with E-state index in [1.54, 1.807) is 0 Å². The van der Waals surface area contributed by atoms with Gasteiger partial charge in [-0.2, -0.15) is 4.62 Å². The lowest BCUT2D eigenvalue weighted by molar-refractivity contribution is -0.173. The molecule has 9 heavy (non-hydrogen) atoms. The normalized spacial score (nSPS) is 13.4. The van der Waals surface area contributed by atoms with E-state index in [-0.39, 0.29) is 0 Å². The maximum absolute atomic E-state index is 9.68. The van der Waals surface area contributed by atoms with Crippen molar-refractivity contribution < 1.29 is 28.4 Å². The zero-order valence-corrected chi connectivity index (χ0v) is 5.71. The van der Waals surface area contributed by atoms with Gasteiger partial charge in [-0.05, 0) is 0 Å². The molecule has 1 unspecified atom stereocenters. The first-order chi connectivity index (χ1) is 3.92. The molecule has 0 rings (SSSR count). The summed E-state index contributed by atoms with van der Waals surface area (Å²) in [5.41, 5.74) is 0. The number of hydrogen-bond acceptors (Lipinski definition) is 4. The molecule has 0 aliphatic rings. The van der Waals surface area contributed by atoms with E-state index < -0.39 is 16.0 Å². The predicted molar refractivity (Wildman–Crippen MR) is 23.9 cm³/mol. The summed E-state index contributed by atoms with van der Waals surface area (Å²) in [6.07, 6.45) is 0. The van der Waals surface area contributed by atoms with E-state index in [0.717, 1.165) is 5.25 Å². The van der Waals surface area contributed by atoms with Gasteiger partial charge in [-0.15, -0.1) is 0 Å². The van der Waals surface area contributed by atoms with E-state index in [2.05, 4.69) is 4.62 Å².